The van der Waals surface area contributed by atoms with Gasteiger partial charge in [0, 0.05) is 59.4 Å². The fraction of sp³-hybridized carbons (Fsp3) is 0.387. The van der Waals surface area contributed by atoms with E-state index in [1.807, 2.05) is 189 Å². The van der Waals surface area contributed by atoms with E-state index >= 15 is 0 Å². The Labute approximate surface area is 573 Å². The van der Waals surface area contributed by atoms with Crippen LogP contribution < -0.4 is 19.3 Å². The SMILES string of the molecule is CC[C@@H]1C[C@H](N(Cc2cc(Cl)cc(C(F)(F)F)c2)c2ncc(OCc3ccccc3)cn2)C[C@H](Cc2ccccc2)N1C(=O)OC(C)(C)C.CC[C@@H]1C[C@H](N(Cc2cc(Cl)cc(C(F)(F)F)c2)c2ncc(OCc3ccccc3)cn2)C[C@H](Cc2ccccc2)N1C(=O)OC(C)C. The maximum atomic E-state index is 13.8. The van der Waals surface area contributed by atoms with Crippen LogP contribution in [0.25, 0.3) is 0 Å². The molecule has 0 saturated carbocycles. The highest BCUT2D eigenvalue weighted by molar-refractivity contribution is 6.31. The summed E-state index contributed by atoms with van der Waals surface area (Å²) in [4.78, 5) is 53.4. The minimum atomic E-state index is -4.56. The summed E-state index contributed by atoms with van der Waals surface area (Å²) in [5.74, 6) is 1.60. The number of benzene rings is 6. The predicted octanol–water partition coefficient (Wildman–Crippen LogP) is 18.7. The highest BCUT2D eigenvalue weighted by Gasteiger charge is 2.44. The van der Waals surface area contributed by atoms with Gasteiger partial charge in [-0.25, -0.2) is 29.5 Å². The summed E-state index contributed by atoms with van der Waals surface area (Å²) in [6, 6.07) is 45.0. The number of nitrogens with zero attached hydrogens (tertiary/aromatic N) is 8. The number of hydrogen-bond acceptors (Lipinski definition) is 12. The quantitative estimate of drug-likeness (QED) is 0.0634. The molecule has 22 heteroatoms. The van der Waals surface area contributed by atoms with Gasteiger partial charge >= 0.3 is 24.5 Å². The van der Waals surface area contributed by atoms with E-state index < -0.39 is 29.1 Å². The van der Waals surface area contributed by atoms with Crippen LogP contribution in [0.2, 0.25) is 10.0 Å². The van der Waals surface area contributed by atoms with Crippen LogP contribution in [0.3, 0.4) is 0 Å². The number of alkyl halides is 6. The lowest BCUT2D eigenvalue weighted by atomic mass is 9.86. The van der Waals surface area contributed by atoms with E-state index in [0.717, 1.165) is 46.5 Å². The molecule has 14 nitrogen and oxygen atoms in total. The Hall–Kier alpha value is -8.62. The van der Waals surface area contributed by atoms with Gasteiger partial charge in [-0.05, 0) is 156 Å². The molecule has 514 valence electrons. The first kappa shape index (κ1) is 72.6. The van der Waals surface area contributed by atoms with Crippen LogP contribution in [0.15, 0.2) is 183 Å². The molecule has 2 aliphatic rings. The molecule has 97 heavy (non-hydrogen) atoms. The van der Waals surface area contributed by atoms with Gasteiger partial charge in [0.15, 0.2) is 11.5 Å². The van der Waals surface area contributed by atoms with E-state index in [4.69, 9.17) is 42.1 Å². The maximum absolute atomic E-state index is 13.8. The highest BCUT2D eigenvalue weighted by atomic mass is 35.5. The Bertz CT molecular complexity index is 3790. The minimum absolute atomic E-state index is 0.00927. The molecule has 0 radical (unpaired) electrons. The number of aromatic nitrogens is 4. The van der Waals surface area contributed by atoms with Crippen molar-refractivity contribution in [2.75, 3.05) is 9.80 Å². The number of carbonyl (C=O) groups excluding carboxylic acids is 2. The summed E-state index contributed by atoms with van der Waals surface area (Å²) >= 11 is 12.4. The number of carbonyl (C=O) groups is 2. The van der Waals surface area contributed by atoms with Crippen LogP contribution in [0.5, 0.6) is 11.5 Å². The van der Waals surface area contributed by atoms with Crippen LogP contribution in [-0.2, 0) is 61.0 Å². The predicted molar refractivity (Wildman–Crippen MR) is 364 cm³/mol. The monoisotopic (exact) mass is 1370 g/mol. The van der Waals surface area contributed by atoms with Crippen molar-refractivity contribution in [1.82, 2.24) is 29.7 Å². The van der Waals surface area contributed by atoms with Gasteiger partial charge < -0.3 is 38.5 Å². The topological polar surface area (TPSA) is 136 Å². The van der Waals surface area contributed by atoms with Crippen molar-refractivity contribution in [2.45, 2.75) is 186 Å². The molecule has 0 unspecified atom stereocenters. The third kappa shape index (κ3) is 20.9. The van der Waals surface area contributed by atoms with E-state index in [0.29, 0.717) is 99.1 Å². The van der Waals surface area contributed by atoms with Gasteiger partial charge in [-0.1, -0.05) is 158 Å². The zero-order chi connectivity index (χ0) is 69.4. The van der Waals surface area contributed by atoms with Crippen LogP contribution in [0.1, 0.15) is 131 Å². The molecule has 2 aliphatic heterocycles. The summed E-state index contributed by atoms with van der Waals surface area (Å²) in [5, 5.41) is -0.0199. The molecule has 8 aromatic rings. The molecule has 0 aliphatic carbocycles. The van der Waals surface area contributed by atoms with Gasteiger partial charge in [-0.15, -0.1) is 0 Å². The number of amides is 2. The van der Waals surface area contributed by atoms with E-state index in [1.54, 1.807) is 24.8 Å². The summed E-state index contributed by atoms with van der Waals surface area (Å²) in [7, 11) is 0. The molecule has 0 spiro atoms. The van der Waals surface area contributed by atoms with Gasteiger partial charge in [0.25, 0.3) is 0 Å². The zero-order valence-electron chi connectivity index (χ0n) is 55.4. The van der Waals surface area contributed by atoms with Crippen molar-refractivity contribution in [3.63, 3.8) is 0 Å². The lowest BCUT2D eigenvalue weighted by Gasteiger charge is -2.48. The van der Waals surface area contributed by atoms with Crippen molar-refractivity contribution in [1.29, 1.82) is 0 Å². The lowest BCUT2D eigenvalue weighted by molar-refractivity contribution is -0.138. The van der Waals surface area contributed by atoms with Crippen LogP contribution >= 0.6 is 23.2 Å². The average Bonchev–Trinajstić information content (AvgIpc) is 1.32. The normalized spacial score (nSPS) is 18.1. The second-order valence-corrected chi connectivity index (χ2v) is 26.6. The molecule has 0 N–H and O–H groups in total. The number of rotatable bonds is 21. The Balaban J connectivity index is 0.000000227. The summed E-state index contributed by atoms with van der Waals surface area (Å²) in [6.45, 7) is 14.0. The molecule has 2 saturated heterocycles. The zero-order valence-corrected chi connectivity index (χ0v) is 56.9. The van der Waals surface area contributed by atoms with Gasteiger partial charge in [0.05, 0.1) is 42.0 Å². The molecule has 6 atom stereocenters. The average molecular weight is 1380 g/mol. The van der Waals surface area contributed by atoms with Crippen molar-refractivity contribution in [3.8, 4) is 11.5 Å². The third-order valence-corrected chi connectivity index (χ3v) is 17.3. The van der Waals surface area contributed by atoms with Crippen molar-refractivity contribution >= 4 is 47.3 Å². The molecule has 2 fully saturated rings. The summed E-state index contributed by atoms with van der Waals surface area (Å²) in [6.07, 6.45) is 0.686. The molecule has 6 aromatic carbocycles. The number of piperidine rings is 2. The van der Waals surface area contributed by atoms with Gasteiger partial charge in [-0.2, -0.15) is 26.3 Å². The van der Waals surface area contributed by atoms with E-state index in [2.05, 4.69) is 19.9 Å². The first-order valence-corrected chi connectivity index (χ1v) is 33.4. The van der Waals surface area contributed by atoms with E-state index in [9.17, 15) is 35.9 Å². The molecule has 0 bridgehead atoms. The van der Waals surface area contributed by atoms with E-state index in [-0.39, 0.29) is 77.7 Å². The molecule has 2 amide bonds. The minimum Gasteiger partial charge on any atom is -0.486 e. The van der Waals surface area contributed by atoms with Crippen LogP contribution in [-0.4, -0.2) is 89.9 Å². The van der Waals surface area contributed by atoms with E-state index in [1.165, 1.54) is 12.1 Å². The van der Waals surface area contributed by atoms with Gasteiger partial charge in [0.1, 0.15) is 18.8 Å². The van der Waals surface area contributed by atoms with Crippen molar-refractivity contribution in [3.05, 3.63) is 237 Å². The largest absolute Gasteiger partial charge is 0.486 e. The molecule has 2 aromatic heterocycles. The number of anilines is 2. The fourth-order valence-electron chi connectivity index (χ4n) is 12.5. The standard InChI is InChI=1S/C38H42ClF3N4O3.C37H40ClF3N4O3/c1-5-31-20-32(21-33(18-26-12-8-6-9-13-26)46(31)36(47)49-37(2,3)4)45(24-28-16-29(38(40,41)42)19-30(39)17-28)35-43-22-34(23-44-35)48-25-27-14-10-7-11-15-27;1-4-31-19-32(20-33(17-26-11-7-5-8-12-26)45(31)36(46)48-25(2)3)44(23-28-15-29(37(39,40)41)18-30(38)16-28)35-42-21-34(22-43-35)47-24-27-13-9-6-10-14-27/h6-17,19,22-23,31-33H,5,18,20-21,24-25H2,1-4H3;5-16,18,21-22,25,31-33H,4,17,19-20,23-24H2,1-3H3/t2*31-,32+,33+/m11/s1. The summed E-state index contributed by atoms with van der Waals surface area (Å²) in [5.41, 5.74) is 2.51. The van der Waals surface area contributed by atoms with Crippen LogP contribution in [0.4, 0.5) is 47.8 Å². The van der Waals surface area contributed by atoms with Crippen molar-refractivity contribution in [2.24, 2.45) is 0 Å². The smallest absolute Gasteiger partial charge is 0.416 e. The first-order valence-electron chi connectivity index (χ1n) is 32.6. The van der Waals surface area contributed by atoms with Crippen LogP contribution in [0, 0.1) is 0 Å². The maximum Gasteiger partial charge on any atom is 0.416 e. The number of ether oxygens (including phenoxy) is 4. The number of halogens is 8. The molecule has 10 rings (SSSR count). The lowest BCUT2D eigenvalue weighted by Crippen LogP contribution is -2.58. The van der Waals surface area contributed by atoms with Crippen molar-refractivity contribution < 1.29 is 54.9 Å². The summed E-state index contributed by atoms with van der Waals surface area (Å²) < 4.78 is 106. The third-order valence-electron chi connectivity index (χ3n) is 16.9. The number of likely N-dealkylation sites (tertiary alicyclic amines) is 2. The second-order valence-electron chi connectivity index (χ2n) is 25.7. The first-order chi connectivity index (χ1) is 46.3. The molecular formula is C75H82Cl2F6N8O6. The molecular weight excluding hydrogens is 1290 g/mol. The molecule has 4 heterocycles. The Morgan fingerprint density at radius 2 is 0.835 bits per heavy atom. The Kier molecular flexibility index (Phi) is 24.8. The number of hydrogen-bond donors (Lipinski definition) is 0. The Morgan fingerprint density at radius 1 is 0.495 bits per heavy atom. The Morgan fingerprint density at radius 3 is 1.16 bits per heavy atom. The fourth-order valence-corrected chi connectivity index (χ4v) is 13.0. The van der Waals surface area contributed by atoms with Gasteiger partial charge in [0.2, 0.25) is 11.9 Å². The van der Waals surface area contributed by atoms with Gasteiger partial charge in [-0.3, -0.25) is 0 Å². The highest BCUT2D eigenvalue weighted by Crippen LogP contribution is 2.39. The second kappa shape index (κ2) is 33.1.